The normalized spacial score (nSPS) is 21.3. The number of hydrogen-bond donors (Lipinski definition) is 2. The van der Waals surface area contributed by atoms with E-state index in [1.54, 1.807) is 24.3 Å². The third-order valence-corrected chi connectivity index (χ3v) is 5.29. The summed E-state index contributed by atoms with van der Waals surface area (Å²) in [6.07, 6.45) is 0.945. The van der Waals surface area contributed by atoms with E-state index in [-0.39, 0.29) is 11.8 Å². The standard InChI is InChI=1S/C13H20N2O3S/c1-15(11-6-3-2-4-7-11)19(17,18)10-13(16)12-8-5-9-14-12/h2-4,6-7,12-14,16H,5,8-10H2,1H3/t12-,13?/m0/s1. The Morgan fingerprint density at radius 2 is 2.11 bits per heavy atom. The van der Waals surface area contributed by atoms with E-state index in [1.807, 2.05) is 6.07 Å². The van der Waals surface area contributed by atoms with Gasteiger partial charge in [0.1, 0.15) is 0 Å². The summed E-state index contributed by atoms with van der Waals surface area (Å²) in [5, 5.41) is 13.1. The van der Waals surface area contributed by atoms with Crippen molar-refractivity contribution in [2.45, 2.75) is 25.0 Å². The molecule has 1 aliphatic heterocycles. The number of benzene rings is 1. The van der Waals surface area contributed by atoms with Crippen molar-refractivity contribution >= 4 is 15.7 Å². The van der Waals surface area contributed by atoms with Crippen LogP contribution in [0.5, 0.6) is 0 Å². The highest BCUT2D eigenvalue weighted by Crippen LogP contribution is 2.18. The fraction of sp³-hybridized carbons (Fsp3) is 0.538. The van der Waals surface area contributed by atoms with Crippen LogP contribution < -0.4 is 9.62 Å². The van der Waals surface area contributed by atoms with Crippen molar-refractivity contribution in [2.24, 2.45) is 0 Å². The van der Waals surface area contributed by atoms with E-state index < -0.39 is 16.1 Å². The number of nitrogens with one attached hydrogen (secondary N) is 1. The zero-order valence-electron chi connectivity index (χ0n) is 11.0. The van der Waals surface area contributed by atoms with Crippen molar-refractivity contribution in [2.75, 3.05) is 23.7 Å². The van der Waals surface area contributed by atoms with Gasteiger partial charge < -0.3 is 10.4 Å². The maximum absolute atomic E-state index is 12.2. The lowest BCUT2D eigenvalue weighted by molar-refractivity contribution is 0.157. The van der Waals surface area contributed by atoms with Gasteiger partial charge in [0.25, 0.3) is 0 Å². The molecule has 0 spiro atoms. The first-order valence-electron chi connectivity index (χ1n) is 6.44. The molecule has 0 aliphatic carbocycles. The van der Waals surface area contributed by atoms with Crippen LogP contribution in [0.3, 0.4) is 0 Å². The maximum atomic E-state index is 12.2. The van der Waals surface area contributed by atoms with Crippen LogP contribution in [0.1, 0.15) is 12.8 Å². The highest BCUT2D eigenvalue weighted by atomic mass is 32.2. The summed E-state index contributed by atoms with van der Waals surface area (Å²) in [5.74, 6) is -0.254. The Morgan fingerprint density at radius 3 is 2.68 bits per heavy atom. The Morgan fingerprint density at radius 1 is 1.42 bits per heavy atom. The van der Waals surface area contributed by atoms with Crippen molar-refractivity contribution in [1.82, 2.24) is 5.32 Å². The molecule has 2 rings (SSSR count). The molecule has 1 aromatic rings. The van der Waals surface area contributed by atoms with Gasteiger partial charge in [0.15, 0.2) is 0 Å². The summed E-state index contributed by atoms with van der Waals surface area (Å²) in [6, 6.07) is 8.77. The fourth-order valence-corrected chi connectivity index (χ4v) is 3.61. The summed E-state index contributed by atoms with van der Waals surface area (Å²) in [4.78, 5) is 0. The second kappa shape index (κ2) is 5.90. The van der Waals surface area contributed by atoms with Gasteiger partial charge in [-0.1, -0.05) is 18.2 Å². The van der Waals surface area contributed by atoms with Crippen molar-refractivity contribution in [3.05, 3.63) is 30.3 Å². The SMILES string of the molecule is CN(c1ccccc1)S(=O)(=O)CC(O)[C@@H]1CCCN1. The number of nitrogens with zero attached hydrogens (tertiary/aromatic N) is 1. The van der Waals surface area contributed by atoms with E-state index in [4.69, 9.17) is 0 Å². The van der Waals surface area contributed by atoms with E-state index in [1.165, 1.54) is 11.4 Å². The van der Waals surface area contributed by atoms with Crippen LogP contribution in [0, 0.1) is 0 Å². The molecule has 0 bridgehead atoms. The number of sulfonamides is 1. The number of aliphatic hydroxyl groups is 1. The molecule has 1 heterocycles. The summed E-state index contributed by atoms with van der Waals surface area (Å²) in [6.45, 7) is 0.844. The molecule has 1 saturated heterocycles. The molecule has 1 fully saturated rings. The molecule has 0 saturated carbocycles. The molecule has 19 heavy (non-hydrogen) atoms. The molecular formula is C13H20N2O3S. The summed E-state index contributed by atoms with van der Waals surface area (Å²) in [7, 11) is -1.99. The fourth-order valence-electron chi connectivity index (χ4n) is 2.28. The monoisotopic (exact) mass is 284 g/mol. The van der Waals surface area contributed by atoms with Crippen LogP contribution in [0.4, 0.5) is 5.69 Å². The van der Waals surface area contributed by atoms with Gasteiger partial charge in [-0.3, -0.25) is 4.31 Å². The van der Waals surface area contributed by atoms with Crippen LogP contribution >= 0.6 is 0 Å². The summed E-state index contributed by atoms with van der Waals surface area (Å²) >= 11 is 0. The minimum absolute atomic E-state index is 0.112. The number of hydrogen-bond acceptors (Lipinski definition) is 4. The van der Waals surface area contributed by atoms with Gasteiger partial charge in [-0.25, -0.2) is 8.42 Å². The Hall–Kier alpha value is -1.11. The molecule has 0 amide bonds. The zero-order chi connectivity index (χ0) is 13.9. The quantitative estimate of drug-likeness (QED) is 0.829. The second-order valence-electron chi connectivity index (χ2n) is 4.85. The average Bonchev–Trinajstić information content (AvgIpc) is 2.92. The minimum atomic E-state index is -3.51. The highest BCUT2D eigenvalue weighted by Gasteiger charge is 2.29. The van der Waals surface area contributed by atoms with Gasteiger partial charge in [0.05, 0.1) is 17.5 Å². The number of para-hydroxylation sites is 1. The van der Waals surface area contributed by atoms with Gasteiger partial charge >= 0.3 is 0 Å². The molecule has 2 N–H and O–H groups in total. The van der Waals surface area contributed by atoms with E-state index in [0.29, 0.717) is 5.69 Å². The van der Waals surface area contributed by atoms with Crippen molar-refractivity contribution in [1.29, 1.82) is 0 Å². The molecule has 6 heteroatoms. The van der Waals surface area contributed by atoms with E-state index in [0.717, 1.165) is 19.4 Å². The largest absolute Gasteiger partial charge is 0.390 e. The number of aliphatic hydroxyl groups excluding tert-OH is 1. The molecular weight excluding hydrogens is 264 g/mol. The average molecular weight is 284 g/mol. The van der Waals surface area contributed by atoms with Gasteiger partial charge in [0.2, 0.25) is 10.0 Å². The highest BCUT2D eigenvalue weighted by molar-refractivity contribution is 7.92. The lowest BCUT2D eigenvalue weighted by Gasteiger charge is -2.23. The molecule has 1 aliphatic rings. The van der Waals surface area contributed by atoms with E-state index in [2.05, 4.69) is 5.32 Å². The second-order valence-corrected chi connectivity index (χ2v) is 6.90. The van der Waals surface area contributed by atoms with Gasteiger partial charge in [0, 0.05) is 13.1 Å². The van der Waals surface area contributed by atoms with Gasteiger partial charge in [-0.05, 0) is 31.5 Å². The molecule has 2 atom stereocenters. The Labute approximate surface area is 114 Å². The molecule has 106 valence electrons. The van der Waals surface area contributed by atoms with Crippen LogP contribution in [0.15, 0.2) is 30.3 Å². The van der Waals surface area contributed by atoms with Crippen molar-refractivity contribution in [3.63, 3.8) is 0 Å². The molecule has 0 radical (unpaired) electrons. The molecule has 1 aromatic carbocycles. The van der Waals surface area contributed by atoms with E-state index in [9.17, 15) is 13.5 Å². The predicted molar refractivity (Wildman–Crippen MR) is 75.7 cm³/mol. The van der Waals surface area contributed by atoms with Gasteiger partial charge in [-0.15, -0.1) is 0 Å². The van der Waals surface area contributed by atoms with Crippen LogP contribution in [0.25, 0.3) is 0 Å². The molecule has 5 nitrogen and oxygen atoms in total. The van der Waals surface area contributed by atoms with Crippen molar-refractivity contribution in [3.8, 4) is 0 Å². The third kappa shape index (κ3) is 3.46. The first-order valence-corrected chi connectivity index (χ1v) is 8.05. The Kier molecular flexibility index (Phi) is 4.44. The van der Waals surface area contributed by atoms with Crippen LogP contribution in [-0.2, 0) is 10.0 Å². The maximum Gasteiger partial charge on any atom is 0.237 e. The zero-order valence-corrected chi connectivity index (χ0v) is 11.8. The molecule has 1 unspecified atom stereocenters. The Balaban J connectivity index is 2.05. The van der Waals surface area contributed by atoms with Crippen molar-refractivity contribution < 1.29 is 13.5 Å². The third-order valence-electron chi connectivity index (χ3n) is 3.48. The smallest absolute Gasteiger partial charge is 0.237 e. The topological polar surface area (TPSA) is 69.6 Å². The minimum Gasteiger partial charge on any atom is -0.390 e. The molecule has 0 aromatic heterocycles. The predicted octanol–water partition coefficient (Wildman–Crippen LogP) is 0.565. The number of rotatable bonds is 5. The Bertz CT molecular complexity index is 498. The van der Waals surface area contributed by atoms with E-state index >= 15 is 0 Å². The van der Waals surface area contributed by atoms with Crippen LogP contribution in [-0.4, -0.2) is 45.0 Å². The lowest BCUT2D eigenvalue weighted by Crippen LogP contribution is -2.43. The van der Waals surface area contributed by atoms with Crippen LogP contribution in [0.2, 0.25) is 0 Å². The lowest BCUT2D eigenvalue weighted by atomic mass is 10.1. The summed E-state index contributed by atoms with van der Waals surface area (Å²) in [5.41, 5.74) is 0.606. The van der Waals surface area contributed by atoms with Gasteiger partial charge in [-0.2, -0.15) is 0 Å². The summed E-state index contributed by atoms with van der Waals surface area (Å²) < 4.78 is 25.7. The number of anilines is 1. The first-order chi connectivity index (χ1) is 9.00. The first kappa shape index (κ1) is 14.3.